The standard InChI is InChI=1S/C22H20ClNO5S.Na/c23-18-3-1-2-17(12-18)21(25)14-24-13-15-4-8-19(9-5-15)30(28,29)20-10-6-16(7-11-20)22(26)27;/h1-12,21,24-25H,13-14H2,(H,26,27);/q;+1/p-1/t21-;/m0./s1. The maximum Gasteiger partial charge on any atom is 1.00 e. The Labute approximate surface area is 208 Å². The monoisotopic (exact) mass is 467 g/mol. The topological polar surface area (TPSA) is 107 Å². The minimum Gasteiger partial charge on any atom is -0.545 e. The van der Waals surface area contributed by atoms with E-state index >= 15 is 0 Å². The van der Waals surface area contributed by atoms with Crippen LogP contribution in [0.5, 0.6) is 0 Å². The zero-order chi connectivity index (χ0) is 21.7. The number of hydrogen-bond donors (Lipinski definition) is 2. The second-order valence-electron chi connectivity index (χ2n) is 6.66. The number of aliphatic hydroxyl groups is 1. The number of carboxylic acid groups (broad SMARTS) is 1. The number of carbonyl (C=O) groups excluding carboxylic acids is 1. The molecule has 6 nitrogen and oxygen atoms in total. The van der Waals surface area contributed by atoms with Crippen LogP contribution in [0.1, 0.15) is 27.6 Å². The summed E-state index contributed by atoms with van der Waals surface area (Å²) in [5.74, 6) is -1.36. The average Bonchev–Trinajstić information content (AvgIpc) is 2.74. The number of nitrogens with one attached hydrogen (secondary N) is 1. The Morgan fingerprint density at radius 2 is 1.58 bits per heavy atom. The van der Waals surface area contributed by atoms with Gasteiger partial charge < -0.3 is 20.3 Å². The predicted octanol–water partition coefficient (Wildman–Crippen LogP) is -0.636. The first kappa shape index (κ1) is 25.5. The van der Waals surface area contributed by atoms with Gasteiger partial charge in [0.15, 0.2) is 0 Å². The normalized spacial score (nSPS) is 12.1. The van der Waals surface area contributed by atoms with Crippen LogP contribution in [0.15, 0.2) is 82.6 Å². The van der Waals surface area contributed by atoms with Gasteiger partial charge in [-0.25, -0.2) is 8.42 Å². The van der Waals surface area contributed by atoms with Crippen molar-refractivity contribution in [3.05, 3.63) is 94.5 Å². The molecule has 0 bridgehead atoms. The largest absolute Gasteiger partial charge is 1.00 e. The van der Waals surface area contributed by atoms with E-state index in [4.69, 9.17) is 11.6 Å². The quantitative estimate of drug-likeness (QED) is 0.427. The van der Waals surface area contributed by atoms with Crippen LogP contribution in [0.2, 0.25) is 5.02 Å². The summed E-state index contributed by atoms with van der Waals surface area (Å²) in [4.78, 5) is 10.9. The third-order valence-electron chi connectivity index (χ3n) is 4.53. The molecule has 0 spiro atoms. The fraction of sp³-hybridized carbons (Fsp3) is 0.136. The third-order valence-corrected chi connectivity index (χ3v) is 6.55. The summed E-state index contributed by atoms with van der Waals surface area (Å²) >= 11 is 5.93. The van der Waals surface area contributed by atoms with Crippen molar-refractivity contribution >= 4 is 27.4 Å². The van der Waals surface area contributed by atoms with Gasteiger partial charge in [0.2, 0.25) is 9.84 Å². The molecule has 9 heteroatoms. The number of aromatic carboxylic acids is 1. The van der Waals surface area contributed by atoms with Crippen LogP contribution in [0.25, 0.3) is 0 Å². The molecular formula is C22H19ClNNaO5S. The van der Waals surface area contributed by atoms with E-state index in [0.29, 0.717) is 23.7 Å². The molecule has 0 fully saturated rings. The Morgan fingerprint density at radius 1 is 1.00 bits per heavy atom. The van der Waals surface area contributed by atoms with Crippen LogP contribution in [-0.2, 0) is 16.4 Å². The molecule has 156 valence electrons. The Kier molecular flexibility index (Phi) is 9.27. The van der Waals surface area contributed by atoms with E-state index in [1.807, 2.05) is 0 Å². The number of aliphatic hydroxyl groups excluding tert-OH is 1. The molecule has 0 radical (unpaired) electrons. The van der Waals surface area contributed by atoms with Crippen LogP contribution >= 0.6 is 11.6 Å². The summed E-state index contributed by atoms with van der Waals surface area (Å²) in [6.07, 6.45) is -0.715. The molecule has 1 atom stereocenters. The number of hydrogen-bond acceptors (Lipinski definition) is 6. The van der Waals surface area contributed by atoms with E-state index in [9.17, 15) is 23.4 Å². The maximum atomic E-state index is 12.7. The SMILES string of the molecule is O=C([O-])c1ccc(S(=O)(=O)c2ccc(CNC[C@H](O)c3cccc(Cl)c3)cc2)cc1.[Na+]. The third kappa shape index (κ3) is 6.63. The molecule has 3 aromatic carbocycles. The number of benzene rings is 3. The minimum atomic E-state index is -3.76. The molecule has 0 saturated heterocycles. The summed E-state index contributed by atoms with van der Waals surface area (Å²) in [7, 11) is -3.76. The van der Waals surface area contributed by atoms with E-state index < -0.39 is 21.9 Å². The number of halogens is 1. The molecule has 0 saturated carbocycles. The summed E-state index contributed by atoms with van der Waals surface area (Å²) in [6, 6.07) is 18.2. The van der Waals surface area contributed by atoms with Crippen molar-refractivity contribution in [1.29, 1.82) is 0 Å². The molecule has 0 heterocycles. The molecular weight excluding hydrogens is 449 g/mol. The van der Waals surface area contributed by atoms with Gasteiger partial charge in [0.25, 0.3) is 0 Å². The molecule has 3 aromatic rings. The van der Waals surface area contributed by atoms with Gasteiger partial charge in [-0.2, -0.15) is 0 Å². The van der Waals surface area contributed by atoms with Gasteiger partial charge >= 0.3 is 29.6 Å². The minimum absolute atomic E-state index is 0. The van der Waals surface area contributed by atoms with Crippen molar-refractivity contribution in [2.45, 2.75) is 22.4 Å². The zero-order valence-electron chi connectivity index (χ0n) is 16.8. The molecule has 0 aliphatic heterocycles. The van der Waals surface area contributed by atoms with E-state index in [1.54, 1.807) is 36.4 Å². The molecule has 0 aromatic heterocycles. The number of rotatable bonds is 8. The van der Waals surface area contributed by atoms with Gasteiger partial charge in [0.05, 0.1) is 21.9 Å². The second-order valence-corrected chi connectivity index (χ2v) is 9.05. The molecule has 3 rings (SSSR count). The average molecular weight is 468 g/mol. The van der Waals surface area contributed by atoms with Gasteiger partial charge in [-0.3, -0.25) is 0 Å². The van der Waals surface area contributed by atoms with Crippen molar-refractivity contribution in [2.24, 2.45) is 0 Å². The van der Waals surface area contributed by atoms with E-state index in [-0.39, 0.29) is 44.9 Å². The van der Waals surface area contributed by atoms with E-state index in [0.717, 1.165) is 5.56 Å². The molecule has 31 heavy (non-hydrogen) atoms. The first-order valence-corrected chi connectivity index (χ1v) is 10.9. The molecule has 0 unspecified atom stereocenters. The smallest absolute Gasteiger partial charge is 0.545 e. The fourth-order valence-electron chi connectivity index (χ4n) is 2.88. The van der Waals surface area contributed by atoms with Crippen molar-refractivity contribution in [1.82, 2.24) is 5.32 Å². The van der Waals surface area contributed by atoms with Crippen LogP contribution in [0, 0.1) is 0 Å². The first-order chi connectivity index (χ1) is 14.3. The molecule has 0 amide bonds. The van der Waals surface area contributed by atoms with Gasteiger partial charge in [-0.05, 0) is 53.1 Å². The van der Waals surface area contributed by atoms with Crippen LogP contribution < -0.4 is 40.0 Å². The van der Waals surface area contributed by atoms with Crippen molar-refractivity contribution in [3.63, 3.8) is 0 Å². The Bertz CT molecular complexity index is 1140. The Hall–Kier alpha value is -1.71. The van der Waals surface area contributed by atoms with Crippen LogP contribution in [-0.4, -0.2) is 26.0 Å². The summed E-state index contributed by atoms with van der Waals surface area (Å²) < 4.78 is 25.4. The van der Waals surface area contributed by atoms with Gasteiger partial charge in [0, 0.05) is 18.1 Å². The van der Waals surface area contributed by atoms with Crippen molar-refractivity contribution in [2.75, 3.05) is 6.54 Å². The number of carbonyl (C=O) groups is 1. The van der Waals surface area contributed by atoms with Gasteiger partial charge in [-0.15, -0.1) is 0 Å². The summed E-state index contributed by atoms with van der Waals surface area (Å²) in [5.41, 5.74) is 1.47. The Morgan fingerprint density at radius 3 is 2.13 bits per heavy atom. The first-order valence-electron chi connectivity index (χ1n) is 9.07. The van der Waals surface area contributed by atoms with E-state index in [2.05, 4.69) is 5.32 Å². The molecule has 0 aliphatic carbocycles. The van der Waals surface area contributed by atoms with Gasteiger partial charge in [-0.1, -0.05) is 48.0 Å². The van der Waals surface area contributed by atoms with Crippen LogP contribution in [0.4, 0.5) is 0 Å². The Balaban J connectivity index is 0.00000341. The van der Waals surface area contributed by atoms with E-state index in [1.165, 1.54) is 36.4 Å². The summed E-state index contributed by atoms with van der Waals surface area (Å²) in [5, 5.41) is 24.7. The number of carboxylic acids is 1. The fourth-order valence-corrected chi connectivity index (χ4v) is 4.34. The van der Waals surface area contributed by atoms with Crippen molar-refractivity contribution in [3.8, 4) is 0 Å². The zero-order valence-corrected chi connectivity index (χ0v) is 20.4. The van der Waals surface area contributed by atoms with Crippen LogP contribution in [0.3, 0.4) is 0 Å². The van der Waals surface area contributed by atoms with Crippen molar-refractivity contribution < 1.29 is 53.0 Å². The molecule has 2 N–H and O–H groups in total. The van der Waals surface area contributed by atoms with Gasteiger partial charge in [0.1, 0.15) is 0 Å². The second kappa shape index (κ2) is 11.2. The predicted molar refractivity (Wildman–Crippen MR) is 111 cm³/mol. The molecule has 0 aliphatic rings. The maximum absolute atomic E-state index is 12.7. The summed E-state index contributed by atoms with van der Waals surface area (Å²) in [6.45, 7) is 0.753. The number of sulfone groups is 1.